The number of rotatable bonds is 11. The van der Waals surface area contributed by atoms with Gasteiger partial charge in [-0.3, -0.25) is 14.4 Å². The molecule has 0 aromatic carbocycles. The molecule has 0 fully saturated rings. The molecule has 0 radical (unpaired) electrons. The number of amides is 2. The fourth-order valence-electron chi connectivity index (χ4n) is 1.84. The van der Waals surface area contributed by atoms with Gasteiger partial charge in [0.25, 0.3) is 0 Å². The SMILES string of the molecule is CCCCCN(CC(=O)NC(CCC(=O)O)C(=O)O)C(C)=O. The van der Waals surface area contributed by atoms with Crippen LogP contribution in [-0.2, 0) is 19.2 Å². The molecule has 0 spiro atoms. The first-order chi connectivity index (χ1) is 10.3. The molecule has 0 aliphatic heterocycles. The van der Waals surface area contributed by atoms with Gasteiger partial charge in [-0.1, -0.05) is 19.8 Å². The van der Waals surface area contributed by atoms with E-state index in [1.807, 2.05) is 6.92 Å². The van der Waals surface area contributed by atoms with Crippen molar-refractivity contribution in [1.29, 1.82) is 0 Å². The Labute approximate surface area is 129 Å². The zero-order valence-corrected chi connectivity index (χ0v) is 13.0. The van der Waals surface area contributed by atoms with Gasteiger partial charge in [0.05, 0.1) is 6.54 Å². The third kappa shape index (κ3) is 8.93. The molecule has 0 aromatic rings. The van der Waals surface area contributed by atoms with E-state index >= 15 is 0 Å². The van der Waals surface area contributed by atoms with E-state index in [1.54, 1.807) is 0 Å². The first-order valence-electron chi connectivity index (χ1n) is 7.27. The fourth-order valence-corrected chi connectivity index (χ4v) is 1.84. The lowest BCUT2D eigenvalue weighted by molar-refractivity contribution is -0.143. The number of nitrogens with one attached hydrogen (secondary N) is 1. The van der Waals surface area contributed by atoms with Crippen LogP contribution in [0.25, 0.3) is 0 Å². The maximum Gasteiger partial charge on any atom is 0.326 e. The van der Waals surface area contributed by atoms with Crippen LogP contribution in [0.4, 0.5) is 0 Å². The van der Waals surface area contributed by atoms with Crippen molar-refractivity contribution in [3.8, 4) is 0 Å². The second-order valence-electron chi connectivity index (χ2n) is 5.04. The summed E-state index contributed by atoms with van der Waals surface area (Å²) in [5.41, 5.74) is 0. The van der Waals surface area contributed by atoms with Crippen molar-refractivity contribution in [3.63, 3.8) is 0 Å². The lowest BCUT2D eigenvalue weighted by Gasteiger charge is -2.22. The minimum atomic E-state index is -1.30. The zero-order chi connectivity index (χ0) is 17.1. The molecule has 0 aliphatic rings. The molecule has 0 aliphatic carbocycles. The van der Waals surface area contributed by atoms with Crippen molar-refractivity contribution >= 4 is 23.8 Å². The molecule has 8 nitrogen and oxygen atoms in total. The molecule has 0 saturated carbocycles. The third-order valence-corrected chi connectivity index (χ3v) is 3.09. The molecule has 0 saturated heterocycles. The van der Waals surface area contributed by atoms with Gasteiger partial charge in [0, 0.05) is 19.9 Å². The zero-order valence-electron chi connectivity index (χ0n) is 13.0. The Balaban J connectivity index is 4.47. The lowest BCUT2D eigenvalue weighted by atomic mass is 10.1. The van der Waals surface area contributed by atoms with Crippen molar-refractivity contribution in [3.05, 3.63) is 0 Å². The Morgan fingerprint density at radius 1 is 1.14 bits per heavy atom. The number of unbranched alkanes of at least 4 members (excludes halogenated alkanes) is 2. The molecule has 0 rings (SSSR count). The summed E-state index contributed by atoms with van der Waals surface area (Å²) in [5.74, 6) is -3.30. The molecule has 3 N–H and O–H groups in total. The summed E-state index contributed by atoms with van der Waals surface area (Å²) < 4.78 is 0. The van der Waals surface area contributed by atoms with Crippen LogP contribution in [0.2, 0.25) is 0 Å². The van der Waals surface area contributed by atoms with E-state index in [0.29, 0.717) is 6.54 Å². The topological polar surface area (TPSA) is 124 Å². The van der Waals surface area contributed by atoms with Crippen LogP contribution in [-0.4, -0.2) is 58.0 Å². The van der Waals surface area contributed by atoms with E-state index in [2.05, 4.69) is 5.32 Å². The van der Waals surface area contributed by atoms with Crippen LogP contribution in [0.3, 0.4) is 0 Å². The third-order valence-electron chi connectivity index (χ3n) is 3.09. The molecule has 0 bridgehead atoms. The van der Waals surface area contributed by atoms with E-state index in [0.717, 1.165) is 19.3 Å². The summed E-state index contributed by atoms with van der Waals surface area (Å²) in [4.78, 5) is 46.1. The Morgan fingerprint density at radius 2 is 1.77 bits per heavy atom. The number of hydrogen-bond acceptors (Lipinski definition) is 4. The van der Waals surface area contributed by atoms with Crippen molar-refractivity contribution in [1.82, 2.24) is 10.2 Å². The molecule has 1 atom stereocenters. The summed E-state index contributed by atoms with van der Waals surface area (Å²) in [5, 5.41) is 19.8. The Morgan fingerprint density at radius 3 is 2.23 bits per heavy atom. The quantitative estimate of drug-likeness (QED) is 0.476. The monoisotopic (exact) mass is 316 g/mol. The van der Waals surface area contributed by atoms with Crippen molar-refractivity contribution < 1.29 is 29.4 Å². The van der Waals surface area contributed by atoms with Crippen LogP contribution in [0.5, 0.6) is 0 Å². The molecule has 126 valence electrons. The summed E-state index contributed by atoms with van der Waals surface area (Å²) >= 11 is 0. The lowest BCUT2D eigenvalue weighted by Crippen LogP contribution is -2.47. The highest BCUT2D eigenvalue weighted by atomic mass is 16.4. The van der Waals surface area contributed by atoms with Crippen LogP contribution in [0, 0.1) is 0 Å². The van der Waals surface area contributed by atoms with E-state index in [-0.39, 0.29) is 25.3 Å². The standard InChI is InChI=1S/C14H24N2O6/c1-3-4-5-8-16(10(2)17)9-12(18)15-11(14(21)22)6-7-13(19)20/h11H,3-9H2,1-2H3,(H,15,18)(H,19,20)(H,21,22). The number of aliphatic carboxylic acids is 2. The van der Waals surface area contributed by atoms with E-state index in [4.69, 9.17) is 10.2 Å². The normalized spacial score (nSPS) is 11.5. The highest BCUT2D eigenvalue weighted by Crippen LogP contribution is 2.01. The van der Waals surface area contributed by atoms with Crippen molar-refractivity contribution in [2.75, 3.05) is 13.1 Å². The summed E-state index contributed by atoms with van der Waals surface area (Å²) in [6.07, 6.45) is 2.12. The van der Waals surface area contributed by atoms with Gasteiger partial charge in [-0.2, -0.15) is 0 Å². The number of carboxylic acid groups (broad SMARTS) is 2. The predicted molar refractivity (Wildman–Crippen MR) is 78.2 cm³/mol. The molecule has 22 heavy (non-hydrogen) atoms. The fraction of sp³-hybridized carbons (Fsp3) is 0.714. The summed E-state index contributed by atoms with van der Waals surface area (Å²) in [6.45, 7) is 3.57. The average Bonchev–Trinajstić information content (AvgIpc) is 2.41. The van der Waals surface area contributed by atoms with Gasteiger partial charge in [0.2, 0.25) is 11.8 Å². The van der Waals surface area contributed by atoms with Crippen LogP contribution in [0.1, 0.15) is 46.0 Å². The second kappa shape index (κ2) is 10.6. The van der Waals surface area contributed by atoms with Crippen LogP contribution < -0.4 is 5.32 Å². The number of nitrogens with zero attached hydrogens (tertiary/aromatic N) is 1. The van der Waals surface area contributed by atoms with Crippen LogP contribution in [0.15, 0.2) is 0 Å². The van der Waals surface area contributed by atoms with Gasteiger partial charge in [-0.05, 0) is 12.8 Å². The predicted octanol–water partition coefficient (Wildman–Crippen LogP) is 0.459. The molecular formula is C14H24N2O6. The molecule has 0 aromatic heterocycles. The van der Waals surface area contributed by atoms with Gasteiger partial charge in [0.1, 0.15) is 6.04 Å². The minimum absolute atomic E-state index is 0.202. The Kier molecular flexibility index (Phi) is 9.56. The maximum atomic E-state index is 11.8. The molecule has 0 heterocycles. The Hall–Kier alpha value is -2.12. The van der Waals surface area contributed by atoms with Crippen molar-refractivity contribution in [2.45, 2.75) is 52.0 Å². The van der Waals surface area contributed by atoms with Crippen LogP contribution >= 0.6 is 0 Å². The number of carboxylic acids is 2. The highest BCUT2D eigenvalue weighted by molar-refractivity contribution is 5.87. The van der Waals surface area contributed by atoms with Gasteiger partial charge >= 0.3 is 11.9 Å². The first kappa shape index (κ1) is 19.9. The average molecular weight is 316 g/mol. The van der Waals surface area contributed by atoms with Gasteiger partial charge < -0.3 is 20.4 Å². The van der Waals surface area contributed by atoms with Gasteiger partial charge in [-0.15, -0.1) is 0 Å². The number of hydrogen-bond donors (Lipinski definition) is 3. The van der Waals surface area contributed by atoms with E-state index in [9.17, 15) is 19.2 Å². The summed E-state index contributed by atoms with van der Waals surface area (Å²) in [7, 11) is 0. The largest absolute Gasteiger partial charge is 0.481 e. The molecular weight excluding hydrogens is 292 g/mol. The first-order valence-corrected chi connectivity index (χ1v) is 7.27. The van der Waals surface area contributed by atoms with Gasteiger partial charge in [-0.25, -0.2) is 4.79 Å². The highest BCUT2D eigenvalue weighted by Gasteiger charge is 2.22. The Bertz CT molecular complexity index is 410. The van der Waals surface area contributed by atoms with Crippen molar-refractivity contribution in [2.24, 2.45) is 0 Å². The minimum Gasteiger partial charge on any atom is -0.481 e. The molecule has 1 unspecified atom stereocenters. The smallest absolute Gasteiger partial charge is 0.326 e. The number of carbonyl (C=O) groups excluding carboxylic acids is 2. The van der Waals surface area contributed by atoms with E-state index in [1.165, 1.54) is 11.8 Å². The van der Waals surface area contributed by atoms with E-state index < -0.39 is 23.9 Å². The summed E-state index contributed by atoms with van der Waals surface area (Å²) in [6, 6.07) is -1.27. The van der Waals surface area contributed by atoms with Gasteiger partial charge in [0.15, 0.2) is 0 Å². The molecule has 8 heteroatoms. The molecule has 2 amide bonds. The second-order valence-corrected chi connectivity index (χ2v) is 5.04. The number of carbonyl (C=O) groups is 4. The maximum absolute atomic E-state index is 11.8.